The Morgan fingerprint density at radius 2 is 1.33 bits per heavy atom. The van der Waals surface area contributed by atoms with E-state index in [4.69, 9.17) is 4.74 Å². The highest BCUT2D eigenvalue weighted by molar-refractivity contribution is 6.06. The van der Waals surface area contributed by atoms with Crippen LogP contribution in [0, 0.1) is 6.92 Å². The maximum Gasteiger partial charge on any atom is 0.343 e. The maximum absolute atomic E-state index is 12.4. The monoisotopic (exact) mass is 398 g/mol. The molecule has 0 amide bonds. The number of hydrogen-bond acceptors (Lipinski definition) is 3. The van der Waals surface area contributed by atoms with Gasteiger partial charge in [-0.05, 0) is 53.8 Å². The molecular formula is C27H26O3. The van der Waals surface area contributed by atoms with E-state index >= 15 is 0 Å². The number of esters is 1. The van der Waals surface area contributed by atoms with Crippen LogP contribution in [0.15, 0.2) is 78.9 Å². The van der Waals surface area contributed by atoms with Crippen molar-refractivity contribution in [1.82, 2.24) is 0 Å². The van der Waals surface area contributed by atoms with Gasteiger partial charge in [-0.3, -0.25) is 4.79 Å². The van der Waals surface area contributed by atoms with Crippen molar-refractivity contribution in [3.05, 3.63) is 107 Å². The number of ketones is 1. The van der Waals surface area contributed by atoms with Gasteiger partial charge in [-0.1, -0.05) is 80.9 Å². The number of hydrogen-bond donors (Lipinski definition) is 0. The number of allylic oxidation sites excluding steroid dienone is 1. The third-order valence-corrected chi connectivity index (χ3v) is 4.84. The number of ether oxygens (including phenoxy) is 1. The largest absolute Gasteiger partial charge is 0.423 e. The van der Waals surface area contributed by atoms with Gasteiger partial charge >= 0.3 is 5.97 Å². The highest BCUT2D eigenvalue weighted by Crippen LogP contribution is 2.23. The van der Waals surface area contributed by atoms with E-state index in [9.17, 15) is 9.59 Å². The van der Waals surface area contributed by atoms with Gasteiger partial charge in [-0.25, -0.2) is 4.79 Å². The Balaban J connectivity index is 1.62. The summed E-state index contributed by atoms with van der Waals surface area (Å²) in [6.45, 7) is 8.37. The zero-order valence-electron chi connectivity index (χ0n) is 17.8. The molecule has 0 aromatic heterocycles. The molecule has 3 nitrogen and oxygen atoms in total. The maximum atomic E-state index is 12.4. The lowest BCUT2D eigenvalue weighted by Crippen LogP contribution is -2.12. The Morgan fingerprint density at radius 1 is 0.767 bits per heavy atom. The second-order valence-electron chi connectivity index (χ2n) is 8.35. The fourth-order valence-corrected chi connectivity index (χ4v) is 2.91. The van der Waals surface area contributed by atoms with Gasteiger partial charge in [0.25, 0.3) is 0 Å². The van der Waals surface area contributed by atoms with Crippen molar-refractivity contribution < 1.29 is 14.3 Å². The summed E-state index contributed by atoms with van der Waals surface area (Å²) in [6.07, 6.45) is 3.29. The van der Waals surface area contributed by atoms with Crippen molar-refractivity contribution in [3.63, 3.8) is 0 Å². The van der Waals surface area contributed by atoms with Gasteiger partial charge in [0.1, 0.15) is 5.75 Å². The molecule has 0 bridgehead atoms. The zero-order valence-corrected chi connectivity index (χ0v) is 17.8. The Morgan fingerprint density at radius 3 is 1.90 bits per heavy atom. The number of carbonyl (C=O) groups is 2. The number of benzene rings is 3. The Labute approximate surface area is 178 Å². The molecule has 0 spiro atoms. The molecule has 3 aromatic rings. The molecule has 0 fully saturated rings. The fourth-order valence-electron chi connectivity index (χ4n) is 2.91. The van der Waals surface area contributed by atoms with Crippen LogP contribution in [0.3, 0.4) is 0 Å². The Bertz CT molecular complexity index is 1050. The molecule has 0 aliphatic heterocycles. The lowest BCUT2D eigenvalue weighted by atomic mass is 9.87. The summed E-state index contributed by atoms with van der Waals surface area (Å²) in [6, 6.07) is 22.0. The summed E-state index contributed by atoms with van der Waals surface area (Å²) in [4.78, 5) is 24.6. The molecule has 3 aromatic carbocycles. The van der Waals surface area contributed by atoms with E-state index in [2.05, 4.69) is 20.8 Å². The third kappa shape index (κ3) is 5.54. The van der Waals surface area contributed by atoms with Gasteiger partial charge < -0.3 is 4.74 Å². The molecule has 0 aliphatic carbocycles. The number of rotatable bonds is 5. The van der Waals surface area contributed by atoms with E-state index in [0.717, 1.165) is 16.7 Å². The van der Waals surface area contributed by atoms with Gasteiger partial charge in [0.05, 0.1) is 5.56 Å². The predicted octanol–water partition coefficient (Wildman–Crippen LogP) is 6.41. The third-order valence-electron chi connectivity index (χ3n) is 4.84. The first-order chi connectivity index (χ1) is 14.2. The average Bonchev–Trinajstić information content (AvgIpc) is 2.73. The standard InChI is InChI=1S/C27H26O3/c1-19-5-10-21(11-6-19)25(28)18-9-20-7-16-24(17-8-20)30-26(29)22-12-14-23(15-13-22)27(2,3)4/h5-18H,1-4H3. The Kier molecular flexibility index (Phi) is 6.31. The summed E-state index contributed by atoms with van der Waals surface area (Å²) in [5.41, 5.74) is 4.33. The van der Waals surface area contributed by atoms with Crippen LogP contribution in [0.2, 0.25) is 0 Å². The second kappa shape index (κ2) is 8.91. The van der Waals surface area contributed by atoms with E-state index in [0.29, 0.717) is 16.9 Å². The summed E-state index contributed by atoms with van der Waals surface area (Å²) in [5.74, 6) is 0.0133. The molecule has 0 aliphatic rings. The van der Waals surface area contributed by atoms with Gasteiger partial charge in [0, 0.05) is 5.56 Å². The molecule has 30 heavy (non-hydrogen) atoms. The average molecular weight is 399 g/mol. The predicted molar refractivity (Wildman–Crippen MR) is 121 cm³/mol. The van der Waals surface area contributed by atoms with E-state index in [1.165, 1.54) is 0 Å². The number of aryl methyl sites for hydroxylation is 1. The highest BCUT2D eigenvalue weighted by atomic mass is 16.5. The van der Waals surface area contributed by atoms with Crippen LogP contribution in [0.25, 0.3) is 6.08 Å². The van der Waals surface area contributed by atoms with Crippen molar-refractivity contribution >= 4 is 17.8 Å². The topological polar surface area (TPSA) is 43.4 Å². The molecule has 0 heterocycles. The van der Waals surface area contributed by atoms with Gasteiger partial charge in [-0.15, -0.1) is 0 Å². The molecular weight excluding hydrogens is 372 g/mol. The van der Waals surface area contributed by atoms with Crippen LogP contribution in [0.5, 0.6) is 5.75 Å². The smallest absolute Gasteiger partial charge is 0.343 e. The lowest BCUT2D eigenvalue weighted by Gasteiger charge is -2.18. The van der Waals surface area contributed by atoms with Gasteiger partial charge in [0.15, 0.2) is 5.78 Å². The normalized spacial score (nSPS) is 11.5. The van der Waals surface area contributed by atoms with Crippen LogP contribution >= 0.6 is 0 Å². The van der Waals surface area contributed by atoms with Gasteiger partial charge in [0.2, 0.25) is 0 Å². The SMILES string of the molecule is Cc1ccc(C(=O)C=Cc2ccc(OC(=O)c3ccc(C(C)(C)C)cc3)cc2)cc1. The van der Waals surface area contributed by atoms with Crippen molar-refractivity contribution in [2.24, 2.45) is 0 Å². The molecule has 3 rings (SSSR count). The molecule has 0 radical (unpaired) electrons. The Hall–Kier alpha value is -3.46. The number of carbonyl (C=O) groups excluding carboxylic acids is 2. The van der Waals surface area contributed by atoms with E-state index in [1.54, 1.807) is 36.4 Å². The van der Waals surface area contributed by atoms with Crippen molar-refractivity contribution in [2.45, 2.75) is 33.1 Å². The summed E-state index contributed by atoms with van der Waals surface area (Å²) in [5, 5.41) is 0. The molecule has 0 atom stereocenters. The second-order valence-corrected chi connectivity index (χ2v) is 8.35. The van der Waals surface area contributed by atoms with Crippen LogP contribution in [-0.2, 0) is 5.41 Å². The highest BCUT2D eigenvalue weighted by Gasteiger charge is 2.15. The molecule has 3 heteroatoms. The molecule has 0 N–H and O–H groups in total. The van der Waals surface area contributed by atoms with Crippen molar-refractivity contribution in [1.29, 1.82) is 0 Å². The van der Waals surface area contributed by atoms with Crippen LogP contribution in [0.1, 0.15) is 58.2 Å². The van der Waals surface area contributed by atoms with E-state index in [1.807, 2.05) is 55.5 Å². The first-order valence-electron chi connectivity index (χ1n) is 9.94. The quantitative estimate of drug-likeness (QED) is 0.216. The first kappa shape index (κ1) is 21.3. The van der Waals surface area contributed by atoms with E-state index in [-0.39, 0.29) is 11.2 Å². The summed E-state index contributed by atoms with van der Waals surface area (Å²) < 4.78 is 5.46. The summed E-state index contributed by atoms with van der Waals surface area (Å²) >= 11 is 0. The minimum absolute atomic E-state index is 0.0343. The van der Waals surface area contributed by atoms with Gasteiger partial charge in [-0.2, -0.15) is 0 Å². The van der Waals surface area contributed by atoms with Crippen molar-refractivity contribution in [2.75, 3.05) is 0 Å². The van der Waals surface area contributed by atoms with Crippen LogP contribution < -0.4 is 4.74 Å². The van der Waals surface area contributed by atoms with Crippen LogP contribution in [0.4, 0.5) is 0 Å². The fraction of sp³-hybridized carbons (Fsp3) is 0.185. The molecule has 0 unspecified atom stereocenters. The molecule has 0 saturated carbocycles. The lowest BCUT2D eigenvalue weighted by molar-refractivity contribution is 0.0734. The van der Waals surface area contributed by atoms with Crippen molar-refractivity contribution in [3.8, 4) is 5.75 Å². The molecule has 0 saturated heterocycles. The molecule has 152 valence electrons. The summed E-state index contributed by atoms with van der Waals surface area (Å²) in [7, 11) is 0. The minimum atomic E-state index is -0.395. The van der Waals surface area contributed by atoms with E-state index < -0.39 is 5.97 Å². The zero-order chi connectivity index (χ0) is 21.7. The minimum Gasteiger partial charge on any atom is -0.423 e. The first-order valence-corrected chi connectivity index (χ1v) is 9.94. The van der Waals surface area contributed by atoms with Crippen LogP contribution in [-0.4, -0.2) is 11.8 Å².